The van der Waals surface area contributed by atoms with Gasteiger partial charge in [-0.2, -0.15) is 0 Å². The summed E-state index contributed by atoms with van der Waals surface area (Å²) in [6, 6.07) is 8.95. The van der Waals surface area contributed by atoms with E-state index < -0.39 is 0 Å². The molecule has 0 saturated heterocycles. The predicted octanol–water partition coefficient (Wildman–Crippen LogP) is 4.11. The van der Waals surface area contributed by atoms with E-state index in [9.17, 15) is 0 Å². The van der Waals surface area contributed by atoms with Gasteiger partial charge in [-0.15, -0.1) is 11.3 Å². The molecule has 3 nitrogen and oxygen atoms in total. The van der Waals surface area contributed by atoms with E-state index in [1.807, 2.05) is 11.6 Å². The molecule has 0 bridgehead atoms. The number of rotatable bonds is 2. The highest BCUT2D eigenvalue weighted by Crippen LogP contribution is 2.36. The van der Waals surface area contributed by atoms with Gasteiger partial charge in [0.05, 0.1) is 6.04 Å². The smallest absolute Gasteiger partial charge is 0.183 e. The molecular formula is C15H15N3S. The lowest BCUT2D eigenvalue weighted by Crippen LogP contribution is -2.16. The zero-order chi connectivity index (χ0) is 12.7. The van der Waals surface area contributed by atoms with Gasteiger partial charge in [0.2, 0.25) is 0 Å². The largest absolute Gasteiger partial charge is 0.356 e. The molecule has 19 heavy (non-hydrogen) atoms. The Morgan fingerprint density at radius 3 is 3.16 bits per heavy atom. The molecule has 2 aromatic heterocycles. The Hall–Kier alpha value is -1.81. The van der Waals surface area contributed by atoms with E-state index >= 15 is 0 Å². The van der Waals surface area contributed by atoms with Gasteiger partial charge in [-0.3, -0.25) is 0 Å². The number of aryl methyl sites for hydroxylation is 1. The molecule has 1 aliphatic carbocycles. The highest BCUT2D eigenvalue weighted by molar-refractivity contribution is 7.13. The molecule has 4 heteroatoms. The summed E-state index contributed by atoms with van der Waals surface area (Å²) in [5.74, 6) is 0. The van der Waals surface area contributed by atoms with Crippen molar-refractivity contribution < 1.29 is 0 Å². The van der Waals surface area contributed by atoms with Gasteiger partial charge in [0.25, 0.3) is 0 Å². The van der Waals surface area contributed by atoms with Gasteiger partial charge in [0, 0.05) is 28.2 Å². The van der Waals surface area contributed by atoms with Gasteiger partial charge in [0.1, 0.15) is 0 Å². The monoisotopic (exact) mass is 269 g/mol. The van der Waals surface area contributed by atoms with Gasteiger partial charge in [-0.1, -0.05) is 18.2 Å². The Bertz CT molecular complexity index is 699. The van der Waals surface area contributed by atoms with E-state index in [1.165, 1.54) is 41.4 Å². The third-order valence-electron chi connectivity index (χ3n) is 3.84. The van der Waals surface area contributed by atoms with Crippen molar-refractivity contribution in [2.45, 2.75) is 25.3 Å². The Morgan fingerprint density at radius 1 is 1.32 bits per heavy atom. The molecule has 1 aromatic carbocycles. The lowest BCUT2D eigenvalue weighted by molar-refractivity contribution is 0.592. The summed E-state index contributed by atoms with van der Waals surface area (Å²) in [5.41, 5.74) is 4.08. The number of para-hydroxylation sites is 1. The van der Waals surface area contributed by atoms with Crippen LogP contribution in [0.15, 0.2) is 35.8 Å². The topological polar surface area (TPSA) is 40.7 Å². The highest BCUT2D eigenvalue weighted by atomic mass is 32.1. The SMILES string of the molecule is c1ccc2c3c([nH]c2c1)C(Nc1nccs1)CCC3. The second kappa shape index (κ2) is 4.38. The maximum absolute atomic E-state index is 4.33. The predicted molar refractivity (Wildman–Crippen MR) is 79.7 cm³/mol. The average molecular weight is 269 g/mol. The first-order valence-electron chi connectivity index (χ1n) is 6.67. The zero-order valence-electron chi connectivity index (χ0n) is 10.5. The van der Waals surface area contributed by atoms with Crippen LogP contribution in [0.5, 0.6) is 0 Å². The van der Waals surface area contributed by atoms with Crippen molar-refractivity contribution >= 4 is 27.4 Å². The number of nitrogens with one attached hydrogen (secondary N) is 2. The minimum Gasteiger partial charge on any atom is -0.356 e. The molecule has 0 fully saturated rings. The first-order chi connectivity index (χ1) is 9.42. The van der Waals surface area contributed by atoms with Gasteiger partial charge < -0.3 is 10.3 Å². The van der Waals surface area contributed by atoms with Gasteiger partial charge in [-0.25, -0.2) is 4.98 Å². The van der Waals surface area contributed by atoms with Crippen LogP contribution in [0.25, 0.3) is 10.9 Å². The molecule has 1 atom stereocenters. The van der Waals surface area contributed by atoms with Crippen LogP contribution in [0.1, 0.15) is 30.1 Å². The van der Waals surface area contributed by atoms with Crippen molar-refractivity contribution in [3.63, 3.8) is 0 Å². The number of aromatic amines is 1. The minimum atomic E-state index is 0.363. The molecular weight excluding hydrogens is 254 g/mol. The maximum atomic E-state index is 4.33. The molecule has 4 rings (SSSR count). The van der Waals surface area contributed by atoms with Crippen molar-refractivity contribution in [2.75, 3.05) is 5.32 Å². The van der Waals surface area contributed by atoms with Crippen molar-refractivity contribution in [1.82, 2.24) is 9.97 Å². The van der Waals surface area contributed by atoms with E-state index in [1.54, 1.807) is 11.3 Å². The average Bonchev–Trinajstić information content (AvgIpc) is 3.06. The second-order valence-corrected chi connectivity index (χ2v) is 5.88. The first kappa shape index (κ1) is 11.1. The lowest BCUT2D eigenvalue weighted by Gasteiger charge is -2.23. The summed E-state index contributed by atoms with van der Waals surface area (Å²) in [4.78, 5) is 7.92. The molecule has 2 N–H and O–H groups in total. The van der Waals surface area contributed by atoms with Crippen LogP contribution in [-0.2, 0) is 6.42 Å². The molecule has 2 heterocycles. The molecule has 1 unspecified atom stereocenters. The number of anilines is 1. The number of hydrogen-bond acceptors (Lipinski definition) is 3. The van der Waals surface area contributed by atoms with Gasteiger partial charge >= 0.3 is 0 Å². The van der Waals surface area contributed by atoms with Crippen molar-refractivity contribution in [3.05, 3.63) is 47.1 Å². The first-order valence-corrected chi connectivity index (χ1v) is 7.55. The third-order valence-corrected chi connectivity index (χ3v) is 4.55. The fraction of sp³-hybridized carbons (Fsp3) is 0.267. The molecule has 0 radical (unpaired) electrons. The Morgan fingerprint density at radius 2 is 2.26 bits per heavy atom. The fourth-order valence-electron chi connectivity index (χ4n) is 3.00. The maximum Gasteiger partial charge on any atom is 0.183 e. The molecule has 0 amide bonds. The number of H-pyrrole nitrogens is 1. The summed E-state index contributed by atoms with van der Waals surface area (Å²) in [6.07, 6.45) is 5.43. The van der Waals surface area contributed by atoms with Crippen LogP contribution in [0.2, 0.25) is 0 Å². The van der Waals surface area contributed by atoms with E-state index in [-0.39, 0.29) is 0 Å². The zero-order valence-corrected chi connectivity index (χ0v) is 11.3. The highest BCUT2D eigenvalue weighted by Gasteiger charge is 2.24. The summed E-state index contributed by atoms with van der Waals surface area (Å²) in [5, 5.41) is 7.95. The normalized spacial score (nSPS) is 18.4. The van der Waals surface area contributed by atoms with Crippen LogP contribution in [0, 0.1) is 0 Å². The van der Waals surface area contributed by atoms with E-state index in [0.717, 1.165) is 5.13 Å². The summed E-state index contributed by atoms with van der Waals surface area (Å²) in [7, 11) is 0. The number of aromatic nitrogens is 2. The minimum absolute atomic E-state index is 0.363. The molecule has 3 aromatic rings. The van der Waals surface area contributed by atoms with E-state index in [2.05, 4.69) is 39.6 Å². The van der Waals surface area contributed by atoms with Crippen molar-refractivity contribution in [2.24, 2.45) is 0 Å². The molecule has 0 spiro atoms. The van der Waals surface area contributed by atoms with Crippen LogP contribution in [0.3, 0.4) is 0 Å². The van der Waals surface area contributed by atoms with Crippen LogP contribution >= 0.6 is 11.3 Å². The lowest BCUT2D eigenvalue weighted by atomic mass is 9.92. The van der Waals surface area contributed by atoms with Crippen LogP contribution in [0.4, 0.5) is 5.13 Å². The van der Waals surface area contributed by atoms with Gasteiger partial charge in [-0.05, 0) is 30.9 Å². The Kier molecular flexibility index (Phi) is 2.55. The standard InChI is InChI=1S/C15H15N3S/c1-2-6-12-10(4-1)11-5-3-7-13(14(11)17-12)18-15-16-8-9-19-15/h1-2,4,6,8-9,13,17H,3,5,7H2,(H,16,18). The molecule has 96 valence electrons. The van der Waals surface area contributed by atoms with E-state index in [0.29, 0.717) is 6.04 Å². The van der Waals surface area contributed by atoms with Crippen molar-refractivity contribution in [3.8, 4) is 0 Å². The summed E-state index contributed by atoms with van der Waals surface area (Å²) >= 11 is 1.66. The number of benzene rings is 1. The van der Waals surface area contributed by atoms with Gasteiger partial charge in [0.15, 0.2) is 5.13 Å². The number of thiazole rings is 1. The second-order valence-electron chi connectivity index (χ2n) is 4.99. The number of nitrogens with zero attached hydrogens (tertiary/aromatic N) is 1. The fourth-order valence-corrected chi connectivity index (χ4v) is 3.59. The third kappa shape index (κ3) is 1.83. The quantitative estimate of drug-likeness (QED) is 0.735. The van der Waals surface area contributed by atoms with E-state index in [4.69, 9.17) is 0 Å². The number of fused-ring (bicyclic) bond motifs is 3. The Labute approximate surface area is 115 Å². The number of hydrogen-bond donors (Lipinski definition) is 2. The molecule has 0 saturated carbocycles. The Balaban J connectivity index is 1.77. The van der Waals surface area contributed by atoms with Crippen LogP contribution < -0.4 is 5.32 Å². The molecule has 0 aliphatic heterocycles. The molecule has 1 aliphatic rings. The van der Waals surface area contributed by atoms with Crippen molar-refractivity contribution in [1.29, 1.82) is 0 Å². The summed E-state index contributed by atoms with van der Waals surface area (Å²) in [6.45, 7) is 0. The van der Waals surface area contributed by atoms with Crippen LogP contribution in [-0.4, -0.2) is 9.97 Å². The summed E-state index contributed by atoms with van der Waals surface area (Å²) < 4.78 is 0.